The third-order valence-corrected chi connectivity index (χ3v) is 11.9. The highest BCUT2D eigenvalue weighted by atomic mass is 16.3. The van der Waals surface area contributed by atoms with Crippen molar-refractivity contribution in [3.05, 3.63) is 172 Å². The summed E-state index contributed by atoms with van der Waals surface area (Å²) < 4.78 is 0. The van der Waals surface area contributed by atoms with E-state index in [9.17, 15) is 9.90 Å². The van der Waals surface area contributed by atoms with E-state index in [0.29, 0.717) is 5.56 Å². The maximum Gasteiger partial charge on any atom is 0.150 e. The number of aldehydes is 1. The van der Waals surface area contributed by atoms with Crippen molar-refractivity contribution in [3.63, 3.8) is 0 Å². The number of carbonyl (C=O) groups excluding carboxylic acids is 1. The van der Waals surface area contributed by atoms with Gasteiger partial charge in [0.1, 0.15) is 6.29 Å². The molecule has 4 aromatic carbocycles. The van der Waals surface area contributed by atoms with E-state index in [4.69, 9.17) is 0 Å². The minimum atomic E-state index is -0.440. The Kier molecular flexibility index (Phi) is 13.5. The van der Waals surface area contributed by atoms with E-state index in [-0.39, 0.29) is 17.9 Å². The minimum absolute atomic E-state index is 0.0137. The van der Waals surface area contributed by atoms with Crippen LogP contribution in [0, 0.1) is 0 Å². The van der Waals surface area contributed by atoms with Gasteiger partial charge in [0.05, 0.1) is 6.61 Å². The van der Waals surface area contributed by atoms with Gasteiger partial charge in [0.2, 0.25) is 0 Å². The molecule has 54 heavy (non-hydrogen) atoms. The molecular formula is C51H61NO2. The molecular weight excluding hydrogens is 659 g/mol. The Morgan fingerprint density at radius 1 is 0.870 bits per heavy atom. The van der Waals surface area contributed by atoms with Crippen LogP contribution in [0.3, 0.4) is 0 Å². The molecule has 1 aliphatic rings. The Labute approximate surface area is 325 Å². The first-order chi connectivity index (χ1) is 26.0. The van der Waals surface area contributed by atoms with Gasteiger partial charge < -0.3 is 10.0 Å². The second-order valence-electron chi connectivity index (χ2n) is 15.8. The van der Waals surface area contributed by atoms with E-state index >= 15 is 0 Å². The van der Waals surface area contributed by atoms with Gasteiger partial charge in [-0.1, -0.05) is 145 Å². The second-order valence-corrected chi connectivity index (χ2v) is 15.8. The monoisotopic (exact) mass is 719 g/mol. The van der Waals surface area contributed by atoms with Gasteiger partial charge in [-0.15, -0.1) is 0 Å². The van der Waals surface area contributed by atoms with Gasteiger partial charge in [0.25, 0.3) is 0 Å². The molecule has 5 rings (SSSR count). The highest BCUT2D eigenvalue weighted by Gasteiger charge is 2.45. The third kappa shape index (κ3) is 8.63. The van der Waals surface area contributed by atoms with E-state index in [2.05, 4.69) is 120 Å². The summed E-state index contributed by atoms with van der Waals surface area (Å²) in [6, 6.07) is 31.3. The van der Waals surface area contributed by atoms with E-state index in [1.54, 1.807) is 0 Å². The van der Waals surface area contributed by atoms with Gasteiger partial charge in [0.15, 0.2) is 0 Å². The summed E-state index contributed by atoms with van der Waals surface area (Å²) in [5.41, 5.74) is 13.4. The quantitative estimate of drug-likeness (QED) is 0.0596. The van der Waals surface area contributed by atoms with Crippen molar-refractivity contribution >= 4 is 12.0 Å². The molecule has 0 radical (unpaired) electrons. The first-order valence-electron chi connectivity index (χ1n) is 20.0. The average Bonchev–Trinajstić information content (AvgIpc) is 3.48. The number of aryl methyl sites for hydroxylation is 1. The highest BCUT2D eigenvalue weighted by molar-refractivity contribution is 5.84. The fourth-order valence-corrected chi connectivity index (χ4v) is 7.95. The smallest absolute Gasteiger partial charge is 0.150 e. The molecule has 0 saturated carbocycles. The molecule has 282 valence electrons. The van der Waals surface area contributed by atoms with Gasteiger partial charge in [0, 0.05) is 36.2 Å². The van der Waals surface area contributed by atoms with Crippen LogP contribution in [0.1, 0.15) is 123 Å². The summed E-state index contributed by atoms with van der Waals surface area (Å²) in [5.74, 6) is -0.203. The molecule has 0 fully saturated rings. The molecule has 1 aliphatic carbocycles. The number of rotatable bonds is 19. The molecule has 4 aromatic rings. The number of allylic oxidation sites excluding steroid dienone is 5. The van der Waals surface area contributed by atoms with Crippen molar-refractivity contribution in [2.24, 2.45) is 0 Å². The summed E-state index contributed by atoms with van der Waals surface area (Å²) in [6.45, 7) is 20.4. The highest BCUT2D eigenvalue weighted by Crippen LogP contribution is 2.56. The summed E-state index contributed by atoms with van der Waals surface area (Å²) >= 11 is 0. The van der Waals surface area contributed by atoms with Crippen molar-refractivity contribution in [1.29, 1.82) is 0 Å². The van der Waals surface area contributed by atoms with Gasteiger partial charge in [-0.05, 0) is 118 Å². The number of nitrogens with zero attached hydrogens (tertiary/aromatic N) is 1. The van der Waals surface area contributed by atoms with Crippen LogP contribution in [0.5, 0.6) is 0 Å². The number of anilines is 1. The number of aliphatic hydroxyl groups is 1. The predicted molar refractivity (Wildman–Crippen MR) is 231 cm³/mol. The lowest BCUT2D eigenvalue weighted by molar-refractivity contribution is 0.112. The van der Waals surface area contributed by atoms with Crippen molar-refractivity contribution < 1.29 is 9.90 Å². The Morgan fingerprint density at radius 3 is 2.24 bits per heavy atom. The molecule has 0 bridgehead atoms. The number of benzene rings is 4. The van der Waals surface area contributed by atoms with Gasteiger partial charge in [-0.3, -0.25) is 4.79 Å². The summed E-state index contributed by atoms with van der Waals surface area (Å²) in [4.78, 5) is 13.8. The molecule has 0 amide bonds. The molecule has 0 heterocycles. The zero-order valence-electron chi connectivity index (χ0n) is 33.6. The maximum absolute atomic E-state index is 11.4. The van der Waals surface area contributed by atoms with Gasteiger partial charge >= 0.3 is 0 Å². The molecule has 0 aliphatic heterocycles. The number of hydrogen-bond acceptors (Lipinski definition) is 3. The molecule has 3 nitrogen and oxygen atoms in total. The zero-order valence-corrected chi connectivity index (χ0v) is 33.6. The van der Waals surface area contributed by atoms with E-state index in [1.807, 2.05) is 49.4 Å². The largest absolute Gasteiger partial charge is 0.395 e. The lowest BCUT2D eigenvalue weighted by Gasteiger charge is -2.36. The van der Waals surface area contributed by atoms with Crippen LogP contribution < -0.4 is 4.90 Å². The van der Waals surface area contributed by atoms with Crippen molar-refractivity contribution in [3.8, 4) is 11.1 Å². The van der Waals surface area contributed by atoms with Crippen molar-refractivity contribution in [2.75, 3.05) is 25.1 Å². The maximum atomic E-state index is 11.4. The Bertz CT molecular complexity index is 1990. The third-order valence-electron chi connectivity index (χ3n) is 11.9. The minimum Gasteiger partial charge on any atom is -0.395 e. The summed E-state index contributed by atoms with van der Waals surface area (Å²) in [5, 5.41) is 10.8. The fraction of sp³-hybridized carbons (Fsp3) is 0.353. The average molecular weight is 720 g/mol. The van der Waals surface area contributed by atoms with Crippen molar-refractivity contribution in [2.45, 2.75) is 96.3 Å². The Morgan fingerprint density at radius 2 is 1.57 bits per heavy atom. The SMILES string of the molecule is C=C(/C=C\C)C(=C)/C=C\C(CO)c1ccc2c(c1)C(CCN(C)c1ccc(C=O)cc1)(c1cccc(CCCCCC)c1)c1cc(C(C)(C)CC)ccc1-2. The molecule has 3 heteroatoms. The van der Waals surface area contributed by atoms with Crippen LogP contribution in [0.2, 0.25) is 0 Å². The molecule has 2 atom stereocenters. The second kappa shape index (κ2) is 18.1. The lowest BCUT2D eigenvalue weighted by Crippen LogP contribution is -2.33. The standard InChI is InChI=1S/C51H61NO2/c1-9-12-13-14-17-39-18-15-19-44(32-39)51(30-31-52(8)45-26-21-40(35-53)22-27-45)48-33-41(42(36-54)23-20-38(5)37(4)16-10-2)24-28-46(48)47-29-25-43(34-49(47)51)50(6,7)11-3/h10,15-16,18-29,32-35,42,54H,4-5,9,11-14,17,30-31,36H2,1-3,6-8H3/b16-10-,23-20-. The Balaban J connectivity index is 1.72. The van der Waals surface area contributed by atoms with E-state index in [0.717, 1.165) is 54.5 Å². The number of fused-ring (bicyclic) bond motifs is 3. The molecule has 0 aromatic heterocycles. The van der Waals surface area contributed by atoms with Crippen LogP contribution in [0.4, 0.5) is 5.69 Å². The zero-order chi connectivity index (χ0) is 38.9. The van der Waals surface area contributed by atoms with Crippen LogP contribution in [0.15, 0.2) is 134 Å². The van der Waals surface area contributed by atoms with Crippen LogP contribution >= 0.6 is 0 Å². The molecule has 0 spiro atoms. The lowest BCUT2D eigenvalue weighted by atomic mass is 9.68. The Hall–Kier alpha value is -4.73. The fourth-order valence-electron chi connectivity index (χ4n) is 7.95. The topological polar surface area (TPSA) is 40.5 Å². The van der Waals surface area contributed by atoms with Crippen LogP contribution in [0.25, 0.3) is 11.1 Å². The normalized spacial score (nSPS) is 15.7. The number of carbonyl (C=O) groups is 1. The van der Waals surface area contributed by atoms with Crippen LogP contribution in [-0.4, -0.2) is 31.6 Å². The predicted octanol–water partition coefficient (Wildman–Crippen LogP) is 12.5. The number of unbranched alkanes of at least 4 members (excludes halogenated alkanes) is 3. The molecule has 1 N–H and O–H groups in total. The summed E-state index contributed by atoms with van der Waals surface area (Å²) in [7, 11) is 2.15. The van der Waals surface area contributed by atoms with Gasteiger partial charge in [-0.2, -0.15) is 0 Å². The number of aliphatic hydroxyl groups excluding tert-OH is 1. The van der Waals surface area contributed by atoms with E-state index < -0.39 is 5.41 Å². The van der Waals surface area contributed by atoms with E-state index in [1.165, 1.54) is 64.6 Å². The van der Waals surface area contributed by atoms with Crippen molar-refractivity contribution in [1.82, 2.24) is 0 Å². The first-order valence-corrected chi connectivity index (χ1v) is 20.0. The van der Waals surface area contributed by atoms with Gasteiger partial charge in [-0.25, -0.2) is 0 Å². The molecule has 0 saturated heterocycles. The molecule has 2 unspecified atom stereocenters. The number of hydrogen-bond donors (Lipinski definition) is 1. The van der Waals surface area contributed by atoms with Crippen LogP contribution in [-0.2, 0) is 17.3 Å². The first kappa shape index (κ1) is 40.5. The summed E-state index contributed by atoms with van der Waals surface area (Å²) in [6.07, 6.45) is 16.8.